The highest BCUT2D eigenvalue weighted by atomic mass is 35.5. The van der Waals surface area contributed by atoms with Crippen LogP contribution in [0.15, 0.2) is 69.3 Å². The van der Waals surface area contributed by atoms with E-state index >= 15 is 0 Å². The minimum absolute atomic E-state index is 0.00122. The summed E-state index contributed by atoms with van der Waals surface area (Å²) in [4.78, 5) is 70.0. The van der Waals surface area contributed by atoms with Gasteiger partial charge in [-0.1, -0.05) is 29.4 Å². The van der Waals surface area contributed by atoms with Gasteiger partial charge in [-0.15, -0.1) is 0 Å². The second-order valence-electron chi connectivity index (χ2n) is 15.9. The van der Waals surface area contributed by atoms with Crippen molar-refractivity contribution in [2.24, 2.45) is 5.73 Å². The van der Waals surface area contributed by atoms with Gasteiger partial charge in [0.25, 0.3) is 11.5 Å². The van der Waals surface area contributed by atoms with Crippen molar-refractivity contribution in [1.29, 1.82) is 0 Å². The Hall–Kier alpha value is -5.31. The summed E-state index contributed by atoms with van der Waals surface area (Å²) < 4.78 is 18.0. The predicted molar refractivity (Wildman–Crippen MR) is 247 cm³/mol. The Morgan fingerprint density at radius 2 is 1.62 bits per heavy atom. The molecule has 4 amide bonds. The number of pyridine rings is 1. The molecule has 1 atom stereocenters. The standard InChI is InChI=1S/C44H57ClN10O8S/c1-44(47)15-19-54(20-16-44)36-11-10-35(41(46)52-36)64-34-6-2-5-32(40(34)45)51-38(57)14-13-37(56)49-18-4-22-62-24-26-63-25-23-61-21-3-17-48-30-7-8-31-29(27-30)28-50-55(43(31)60)33-9-12-39(58)53-42(33)59/h2,5-8,10-11,27-28,33,48H,3-4,9,12-26,47H2,1H3,(H2,46,52)(H,49,56)(H,51,57)(H,53,58,59). The molecule has 2 fully saturated rings. The lowest BCUT2D eigenvalue weighted by atomic mass is 9.91. The largest absolute Gasteiger partial charge is 0.385 e. The second-order valence-corrected chi connectivity index (χ2v) is 17.4. The maximum Gasteiger partial charge on any atom is 0.275 e. The highest BCUT2D eigenvalue weighted by molar-refractivity contribution is 7.99. The van der Waals surface area contributed by atoms with Crippen LogP contribution in [0.2, 0.25) is 5.02 Å². The fourth-order valence-electron chi connectivity index (χ4n) is 7.06. The average molecular weight is 922 g/mol. The minimum Gasteiger partial charge on any atom is -0.385 e. The predicted octanol–water partition coefficient (Wildman–Crippen LogP) is 4.25. The molecule has 8 N–H and O–H groups in total. The van der Waals surface area contributed by atoms with E-state index in [1.54, 1.807) is 30.5 Å². The number of carbonyl (C=O) groups is 4. The van der Waals surface area contributed by atoms with Crippen molar-refractivity contribution in [2.45, 2.75) is 79.7 Å². The molecule has 4 aromatic rings. The molecule has 6 rings (SSSR count). The zero-order valence-corrected chi connectivity index (χ0v) is 37.6. The van der Waals surface area contributed by atoms with Gasteiger partial charge in [-0.2, -0.15) is 5.10 Å². The van der Waals surface area contributed by atoms with E-state index in [1.165, 1.54) is 11.8 Å². The second kappa shape index (κ2) is 23.6. The van der Waals surface area contributed by atoms with Crippen LogP contribution < -0.4 is 43.2 Å². The summed E-state index contributed by atoms with van der Waals surface area (Å²) >= 11 is 8.05. The summed E-state index contributed by atoms with van der Waals surface area (Å²) in [7, 11) is 0. The van der Waals surface area contributed by atoms with E-state index in [9.17, 15) is 24.0 Å². The number of aromatic nitrogens is 3. The Morgan fingerprint density at radius 1 is 0.922 bits per heavy atom. The Bertz CT molecular complexity index is 2320. The first-order valence-corrected chi connectivity index (χ1v) is 22.7. The fourth-order valence-corrected chi connectivity index (χ4v) is 8.21. The van der Waals surface area contributed by atoms with Gasteiger partial charge in [0.05, 0.1) is 53.6 Å². The minimum atomic E-state index is -0.805. The Kier molecular flexibility index (Phi) is 17.7. The zero-order chi connectivity index (χ0) is 45.5. The molecule has 2 aliphatic rings. The number of fused-ring (bicyclic) bond motifs is 1. The van der Waals surface area contributed by atoms with Crippen LogP contribution in [0.1, 0.15) is 64.3 Å². The molecule has 0 aliphatic carbocycles. The lowest BCUT2D eigenvalue weighted by Crippen LogP contribution is -2.48. The number of nitrogens with one attached hydrogen (secondary N) is 4. The third kappa shape index (κ3) is 14.1. The summed E-state index contributed by atoms with van der Waals surface area (Å²) in [5.41, 5.74) is 13.4. The van der Waals surface area contributed by atoms with Gasteiger partial charge in [0.15, 0.2) is 0 Å². The van der Waals surface area contributed by atoms with Crippen molar-refractivity contribution >= 4 is 80.8 Å². The van der Waals surface area contributed by atoms with Crippen LogP contribution in [-0.4, -0.2) is 110 Å². The number of anilines is 4. The number of ether oxygens (including phenoxy) is 3. The molecule has 344 valence electrons. The fraction of sp³-hybridized carbons (Fsp3) is 0.477. The number of carbonyl (C=O) groups excluding carboxylic acids is 4. The molecule has 2 saturated heterocycles. The normalized spacial score (nSPS) is 16.1. The molecule has 0 radical (unpaired) electrons. The summed E-state index contributed by atoms with van der Waals surface area (Å²) in [6, 6.07) is 13.8. The number of imide groups is 1. The maximum atomic E-state index is 13.0. The number of piperidine rings is 2. The number of rotatable bonds is 23. The summed E-state index contributed by atoms with van der Waals surface area (Å²) in [5.74, 6) is -0.213. The van der Waals surface area contributed by atoms with Crippen molar-refractivity contribution in [3.8, 4) is 0 Å². The van der Waals surface area contributed by atoms with Gasteiger partial charge in [-0.05, 0) is 81.5 Å². The third-order valence-corrected chi connectivity index (χ3v) is 12.4. The van der Waals surface area contributed by atoms with Gasteiger partial charge in [-0.25, -0.2) is 9.67 Å². The smallest absolute Gasteiger partial charge is 0.275 e. The van der Waals surface area contributed by atoms with Gasteiger partial charge < -0.3 is 46.5 Å². The first-order valence-electron chi connectivity index (χ1n) is 21.5. The number of nitrogens with zero attached hydrogens (tertiary/aromatic N) is 4. The highest BCUT2D eigenvalue weighted by Crippen LogP contribution is 2.40. The number of nitrogen functional groups attached to an aromatic ring is 1. The first kappa shape index (κ1) is 48.2. The quantitative estimate of drug-likeness (QED) is 0.0450. The van der Waals surface area contributed by atoms with Crippen LogP contribution in [0.4, 0.5) is 23.0 Å². The molecule has 1 unspecified atom stereocenters. The molecule has 0 bridgehead atoms. The Morgan fingerprint density at radius 3 is 2.34 bits per heavy atom. The summed E-state index contributed by atoms with van der Waals surface area (Å²) in [6.07, 6.45) is 5.11. The molecular formula is C44H57ClN10O8S. The summed E-state index contributed by atoms with van der Waals surface area (Å²) in [5, 5.41) is 16.9. The van der Waals surface area contributed by atoms with Crippen molar-refractivity contribution in [3.63, 3.8) is 0 Å². The van der Waals surface area contributed by atoms with E-state index < -0.39 is 11.9 Å². The van der Waals surface area contributed by atoms with Crippen LogP contribution in [-0.2, 0) is 33.4 Å². The third-order valence-electron chi connectivity index (χ3n) is 10.8. The van der Waals surface area contributed by atoms with Gasteiger partial charge in [0.2, 0.25) is 17.7 Å². The number of nitrogens with two attached hydrogens (primary N) is 2. The van der Waals surface area contributed by atoms with Crippen molar-refractivity contribution in [1.82, 2.24) is 25.4 Å². The lowest BCUT2D eigenvalue weighted by molar-refractivity contribution is -0.136. The van der Waals surface area contributed by atoms with Crippen molar-refractivity contribution < 1.29 is 33.4 Å². The van der Waals surface area contributed by atoms with Gasteiger partial charge in [-0.3, -0.25) is 29.3 Å². The zero-order valence-electron chi connectivity index (χ0n) is 36.0. The number of hydrogen-bond donors (Lipinski definition) is 6. The average Bonchev–Trinajstić information content (AvgIpc) is 3.26. The van der Waals surface area contributed by atoms with E-state index in [0.717, 1.165) is 53.4 Å². The number of benzene rings is 2. The van der Waals surface area contributed by atoms with Crippen LogP contribution >= 0.6 is 23.4 Å². The molecule has 20 heteroatoms. The molecule has 2 aromatic heterocycles. The molecular weight excluding hydrogens is 864 g/mol. The van der Waals surface area contributed by atoms with E-state index in [2.05, 4.69) is 43.2 Å². The Balaban J connectivity index is 0.754. The van der Waals surface area contributed by atoms with Gasteiger partial charge in [0.1, 0.15) is 17.7 Å². The molecule has 4 heterocycles. The number of amides is 4. The Labute approximate surface area is 380 Å². The maximum absolute atomic E-state index is 13.0. The van der Waals surface area contributed by atoms with Gasteiger partial charge >= 0.3 is 0 Å². The number of hydrogen-bond acceptors (Lipinski definition) is 15. The van der Waals surface area contributed by atoms with E-state index in [-0.39, 0.29) is 54.5 Å². The molecule has 0 spiro atoms. The topological polar surface area (TPSA) is 247 Å². The van der Waals surface area contributed by atoms with E-state index in [1.807, 2.05) is 24.3 Å². The highest BCUT2D eigenvalue weighted by Gasteiger charge is 2.30. The van der Waals surface area contributed by atoms with E-state index in [4.69, 9.17) is 37.3 Å². The molecule has 0 saturated carbocycles. The van der Waals surface area contributed by atoms with Crippen LogP contribution in [0, 0.1) is 0 Å². The molecule has 2 aliphatic heterocycles. The number of halogens is 1. The van der Waals surface area contributed by atoms with Crippen LogP contribution in [0.5, 0.6) is 0 Å². The van der Waals surface area contributed by atoms with Crippen molar-refractivity contribution in [2.75, 3.05) is 87.1 Å². The van der Waals surface area contributed by atoms with Crippen LogP contribution in [0.25, 0.3) is 10.8 Å². The SMILES string of the molecule is CC1(N)CCN(c2ccc(Sc3cccc(NC(=O)CCC(=O)NCCCOCCOCCOCCCNc4ccc5c(=O)n(C6CCC(=O)NC6=O)ncc5c4)c3Cl)c(N)n2)CC1. The van der Waals surface area contributed by atoms with Crippen LogP contribution in [0.3, 0.4) is 0 Å². The molecule has 64 heavy (non-hydrogen) atoms. The summed E-state index contributed by atoms with van der Waals surface area (Å²) in [6.45, 7) is 7.49. The van der Waals surface area contributed by atoms with Gasteiger partial charge in [0, 0.05) is 80.2 Å². The monoisotopic (exact) mass is 920 g/mol. The lowest BCUT2D eigenvalue weighted by Gasteiger charge is -2.37. The molecule has 2 aromatic carbocycles. The first-order chi connectivity index (χ1) is 30.9. The molecule has 18 nitrogen and oxygen atoms in total. The van der Waals surface area contributed by atoms with Crippen molar-refractivity contribution in [3.05, 3.63) is 70.1 Å². The van der Waals surface area contributed by atoms with E-state index in [0.29, 0.717) is 91.3 Å².